The molecule has 5 heteroatoms. The van der Waals surface area contributed by atoms with Crippen LogP contribution in [0.2, 0.25) is 0 Å². The largest absolute Gasteiger partial charge is 0.481 e. The van der Waals surface area contributed by atoms with Gasteiger partial charge in [0.05, 0.1) is 11.8 Å². The Morgan fingerprint density at radius 2 is 1.85 bits per heavy atom. The number of carbonyl (C=O) groups excluding carboxylic acids is 1. The zero-order valence-electron chi connectivity index (χ0n) is 10.9. The number of hydrogen-bond donors (Lipinski definition) is 2. The Balaban J connectivity index is 1.68. The Bertz CT molecular complexity index is 555. The molecule has 104 valence electrons. The minimum atomic E-state index is -0.870. The Morgan fingerprint density at radius 3 is 2.50 bits per heavy atom. The minimum Gasteiger partial charge on any atom is -0.481 e. The number of aliphatic carboxylic acids is 1. The lowest BCUT2D eigenvalue weighted by atomic mass is 9.82. The summed E-state index contributed by atoms with van der Waals surface area (Å²) in [5.41, 5.74) is 0.957. The number of rotatable bonds is 4. The summed E-state index contributed by atoms with van der Waals surface area (Å²) in [5, 5.41) is 12.2. The van der Waals surface area contributed by atoms with E-state index >= 15 is 0 Å². The summed E-state index contributed by atoms with van der Waals surface area (Å²) in [6.45, 7) is 0.408. The molecule has 2 aliphatic rings. The van der Waals surface area contributed by atoms with Crippen molar-refractivity contribution in [3.8, 4) is 0 Å². The first-order valence-electron chi connectivity index (χ1n) is 6.74. The molecule has 3 rings (SSSR count). The van der Waals surface area contributed by atoms with Crippen LogP contribution in [0.4, 0.5) is 0 Å². The maximum Gasteiger partial charge on any atom is 0.307 e. The number of allylic oxidation sites excluding steroid dienone is 2. The van der Waals surface area contributed by atoms with Crippen LogP contribution >= 0.6 is 0 Å². The third-order valence-electron chi connectivity index (χ3n) is 4.26. The molecule has 0 radical (unpaired) electrons. The van der Waals surface area contributed by atoms with Gasteiger partial charge in [-0.3, -0.25) is 14.6 Å². The number of fused-ring (bicyclic) bond motifs is 2. The smallest absolute Gasteiger partial charge is 0.307 e. The van der Waals surface area contributed by atoms with Crippen molar-refractivity contribution in [1.29, 1.82) is 0 Å². The third kappa shape index (κ3) is 2.19. The predicted molar refractivity (Wildman–Crippen MR) is 71.4 cm³/mol. The fourth-order valence-corrected chi connectivity index (χ4v) is 3.32. The molecule has 0 spiro atoms. The van der Waals surface area contributed by atoms with Crippen LogP contribution in [-0.2, 0) is 16.1 Å². The molecule has 1 heterocycles. The van der Waals surface area contributed by atoms with E-state index in [0.29, 0.717) is 6.54 Å². The van der Waals surface area contributed by atoms with Crippen molar-refractivity contribution in [3.05, 3.63) is 42.2 Å². The molecular weight excluding hydrogens is 256 g/mol. The van der Waals surface area contributed by atoms with E-state index in [0.717, 1.165) is 12.0 Å². The molecular formula is C15H16N2O3. The van der Waals surface area contributed by atoms with Crippen LogP contribution in [0.1, 0.15) is 12.0 Å². The highest BCUT2D eigenvalue weighted by Crippen LogP contribution is 2.48. The lowest BCUT2D eigenvalue weighted by molar-refractivity contribution is -0.147. The first kappa shape index (κ1) is 12.8. The number of carboxylic acid groups (broad SMARTS) is 1. The van der Waals surface area contributed by atoms with Gasteiger partial charge in [-0.05, 0) is 36.0 Å². The number of carboxylic acids is 1. The van der Waals surface area contributed by atoms with E-state index in [1.807, 2.05) is 24.3 Å². The van der Waals surface area contributed by atoms with Crippen LogP contribution < -0.4 is 5.32 Å². The van der Waals surface area contributed by atoms with Gasteiger partial charge < -0.3 is 10.4 Å². The number of hydrogen-bond acceptors (Lipinski definition) is 3. The summed E-state index contributed by atoms with van der Waals surface area (Å²) in [7, 11) is 0. The molecule has 1 saturated carbocycles. The van der Waals surface area contributed by atoms with Gasteiger partial charge in [0.2, 0.25) is 5.91 Å². The molecule has 2 aliphatic carbocycles. The summed E-state index contributed by atoms with van der Waals surface area (Å²) < 4.78 is 0. The van der Waals surface area contributed by atoms with Crippen molar-refractivity contribution in [2.45, 2.75) is 13.0 Å². The number of aromatic nitrogens is 1. The average Bonchev–Trinajstić information content (AvgIpc) is 3.06. The molecule has 2 bridgehead atoms. The zero-order valence-corrected chi connectivity index (χ0v) is 10.9. The lowest BCUT2D eigenvalue weighted by Crippen LogP contribution is -2.39. The second-order valence-corrected chi connectivity index (χ2v) is 5.41. The SMILES string of the molecule is O=C(NCc1ccncc1)[C@@H]1[C@H](C(=O)O)[C@@H]2C=C[C@H]1C2. The van der Waals surface area contributed by atoms with Crippen LogP contribution in [0.5, 0.6) is 0 Å². The standard InChI is InChI=1S/C15H16N2O3/c18-14(17-8-9-3-5-16-6-4-9)12-10-1-2-11(7-10)13(12)15(19)20/h1-6,10-13H,7-8H2,(H,17,18)(H,19,20)/t10-,11+,12-,13+/m0/s1. The van der Waals surface area contributed by atoms with Gasteiger partial charge in [0.1, 0.15) is 0 Å². The minimum absolute atomic E-state index is 0.00850. The van der Waals surface area contributed by atoms with E-state index in [-0.39, 0.29) is 17.7 Å². The van der Waals surface area contributed by atoms with Crippen molar-refractivity contribution < 1.29 is 14.7 Å². The van der Waals surface area contributed by atoms with E-state index in [9.17, 15) is 14.7 Å². The van der Waals surface area contributed by atoms with Gasteiger partial charge in [0, 0.05) is 18.9 Å². The van der Waals surface area contributed by atoms with E-state index in [1.54, 1.807) is 12.4 Å². The molecule has 2 N–H and O–H groups in total. The van der Waals surface area contributed by atoms with Crippen molar-refractivity contribution in [2.24, 2.45) is 23.7 Å². The summed E-state index contributed by atoms with van der Waals surface area (Å²) in [6.07, 6.45) is 8.05. The third-order valence-corrected chi connectivity index (χ3v) is 4.26. The number of pyridine rings is 1. The van der Waals surface area contributed by atoms with Gasteiger partial charge in [0.15, 0.2) is 0 Å². The van der Waals surface area contributed by atoms with E-state index < -0.39 is 17.8 Å². The monoisotopic (exact) mass is 272 g/mol. The van der Waals surface area contributed by atoms with Crippen LogP contribution in [-0.4, -0.2) is 22.0 Å². The molecule has 1 fully saturated rings. The maximum atomic E-state index is 12.3. The molecule has 1 amide bonds. The first-order valence-corrected chi connectivity index (χ1v) is 6.74. The van der Waals surface area contributed by atoms with Crippen LogP contribution in [0, 0.1) is 23.7 Å². The molecule has 0 unspecified atom stereocenters. The summed E-state index contributed by atoms with van der Waals surface area (Å²) in [4.78, 5) is 27.6. The highest BCUT2D eigenvalue weighted by atomic mass is 16.4. The Hall–Kier alpha value is -2.17. The molecule has 0 aliphatic heterocycles. The van der Waals surface area contributed by atoms with Crippen molar-refractivity contribution in [1.82, 2.24) is 10.3 Å². The van der Waals surface area contributed by atoms with Crippen molar-refractivity contribution in [3.63, 3.8) is 0 Å². The summed E-state index contributed by atoms with van der Waals surface area (Å²) in [6, 6.07) is 3.66. The normalized spacial score (nSPS) is 30.4. The topological polar surface area (TPSA) is 79.3 Å². The lowest BCUT2D eigenvalue weighted by Gasteiger charge is -2.23. The fourth-order valence-electron chi connectivity index (χ4n) is 3.32. The molecule has 5 nitrogen and oxygen atoms in total. The average molecular weight is 272 g/mol. The Kier molecular flexibility index (Phi) is 3.26. The van der Waals surface area contributed by atoms with Crippen molar-refractivity contribution in [2.75, 3.05) is 0 Å². The van der Waals surface area contributed by atoms with Gasteiger partial charge in [0.25, 0.3) is 0 Å². The van der Waals surface area contributed by atoms with Crippen LogP contribution in [0.3, 0.4) is 0 Å². The van der Waals surface area contributed by atoms with Gasteiger partial charge >= 0.3 is 5.97 Å². The van der Waals surface area contributed by atoms with Gasteiger partial charge in [-0.2, -0.15) is 0 Å². The zero-order chi connectivity index (χ0) is 14.1. The highest BCUT2D eigenvalue weighted by Gasteiger charge is 2.51. The predicted octanol–water partition coefficient (Wildman–Crippen LogP) is 1.22. The van der Waals surface area contributed by atoms with Gasteiger partial charge in [-0.25, -0.2) is 0 Å². The van der Waals surface area contributed by atoms with Crippen LogP contribution in [0.15, 0.2) is 36.7 Å². The number of nitrogens with one attached hydrogen (secondary N) is 1. The quantitative estimate of drug-likeness (QED) is 0.808. The number of nitrogens with zero attached hydrogens (tertiary/aromatic N) is 1. The fraction of sp³-hybridized carbons (Fsp3) is 0.400. The highest BCUT2D eigenvalue weighted by molar-refractivity contribution is 5.86. The van der Waals surface area contributed by atoms with Crippen LogP contribution in [0.25, 0.3) is 0 Å². The number of carbonyl (C=O) groups is 2. The molecule has 0 aromatic carbocycles. The first-order chi connectivity index (χ1) is 9.66. The summed E-state index contributed by atoms with van der Waals surface area (Å²) >= 11 is 0. The van der Waals surface area contributed by atoms with E-state index in [2.05, 4.69) is 10.3 Å². The molecule has 1 aromatic heterocycles. The molecule has 20 heavy (non-hydrogen) atoms. The second kappa shape index (κ2) is 5.07. The molecule has 1 aromatic rings. The molecule has 4 atom stereocenters. The van der Waals surface area contributed by atoms with Gasteiger partial charge in [-0.1, -0.05) is 12.2 Å². The van der Waals surface area contributed by atoms with E-state index in [4.69, 9.17) is 0 Å². The second-order valence-electron chi connectivity index (χ2n) is 5.41. The Morgan fingerprint density at radius 1 is 1.20 bits per heavy atom. The maximum absolute atomic E-state index is 12.3. The summed E-state index contributed by atoms with van der Waals surface area (Å²) in [5.74, 6) is -1.98. The molecule has 0 saturated heterocycles. The van der Waals surface area contributed by atoms with Gasteiger partial charge in [-0.15, -0.1) is 0 Å². The number of amides is 1. The Labute approximate surface area is 116 Å². The van der Waals surface area contributed by atoms with Crippen molar-refractivity contribution >= 4 is 11.9 Å². The van der Waals surface area contributed by atoms with E-state index in [1.165, 1.54) is 0 Å².